The van der Waals surface area contributed by atoms with E-state index in [0.29, 0.717) is 10.6 Å². The van der Waals surface area contributed by atoms with Crippen molar-refractivity contribution in [1.82, 2.24) is 4.98 Å². The first-order valence-corrected chi connectivity index (χ1v) is 6.67. The minimum absolute atomic E-state index is 0.538. The van der Waals surface area contributed by atoms with Gasteiger partial charge in [-0.15, -0.1) is 11.3 Å². The summed E-state index contributed by atoms with van der Waals surface area (Å²) in [5.41, 5.74) is 9.57. The summed E-state index contributed by atoms with van der Waals surface area (Å²) in [7, 11) is 0. The van der Waals surface area contributed by atoms with Crippen LogP contribution in [0.25, 0.3) is 21.5 Å². The number of thiophene rings is 1. The molecule has 0 atom stereocenters. The fourth-order valence-corrected chi connectivity index (χ4v) is 3.12. The molecule has 0 fully saturated rings. The van der Waals surface area contributed by atoms with Crippen molar-refractivity contribution < 1.29 is 0 Å². The van der Waals surface area contributed by atoms with E-state index in [4.69, 9.17) is 11.0 Å². The molecule has 0 bridgehead atoms. The van der Waals surface area contributed by atoms with Gasteiger partial charge >= 0.3 is 0 Å². The van der Waals surface area contributed by atoms with Crippen LogP contribution < -0.4 is 5.73 Å². The molecule has 3 rings (SSSR count). The summed E-state index contributed by atoms with van der Waals surface area (Å²) in [5.74, 6) is 0. The van der Waals surface area contributed by atoms with Crippen molar-refractivity contribution in [2.75, 3.05) is 5.73 Å². The van der Waals surface area contributed by atoms with Gasteiger partial charge in [0.1, 0.15) is 15.8 Å². The van der Waals surface area contributed by atoms with Crippen LogP contribution in [0.2, 0.25) is 0 Å². The van der Waals surface area contributed by atoms with Crippen LogP contribution in [-0.2, 0) is 0 Å². The third-order valence-electron chi connectivity index (χ3n) is 3.07. The molecule has 0 amide bonds. The Bertz CT molecular complexity index is 798. The second kappa shape index (κ2) is 4.38. The molecular formula is C15H11N3S. The SMILES string of the molecule is Cc1cc(-c2ccccc2)nc2sc(C#N)c(N)c12. The van der Waals surface area contributed by atoms with Crippen molar-refractivity contribution in [2.24, 2.45) is 0 Å². The zero-order valence-corrected chi connectivity index (χ0v) is 11.2. The molecular weight excluding hydrogens is 254 g/mol. The maximum Gasteiger partial charge on any atom is 0.130 e. The van der Waals surface area contributed by atoms with E-state index >= 15 is 0 Å². The molecule has 2 aromatic heterocycles. The van der Waals surface area contributed by atoms with E-state index in [1.807, 2.05) is 43.3 Å². The molecule has 0 spiro atoms. The van der Waals surface area contributed by atoms with E-state index in [-0.39, 0.29) is 0 Å². The number of aromatic nitrogens is 1. The average molecular weight is 265 g/mol. The fraction of sp³-hybridized carbons (Fsp3) is 0.0667. The molecule has 4 heteroatoms. The summed E-state index contributed by atoms with van der Waals surface area (Å²) < 4.78 is 0. The van der Waals surface area contributed by atoms with Crippen molar-refractivity contribution in [1.29, 1.82) is 5.26 Å². The third-order valence-corrected chi connectivity index (χ3v) is 4.07. The lowest BCUT2D eigenvalue weighted by Crippen LogP contribution is -1.89. The molecule has 0 aliphatic carbocycles. The normalized spacial score (nSPS) is 10.5. The summed E-state index contributed by atoms with van der Waals surface area (Å²) in [6.45, 7) is 2.00. The number of nitrogen functional groups attached to an aromatic ring is 1. The van der Waals surface area contributed by atoms with Crippen LogP contribution in [0.15, 0.2) is 36.4 Å². The number of aryl methyl sites for hydroxylation is 1. The highest BCUT2D eigenvalue weighted by Crippen LogP contribution is 2.36. The number of hydrogen-bond acceptors (Lipinski definition) is 4. The van der Waals surface area contributed by atoms with E-state index in [1.165, 1.54) is 11.3 Å². The first kappa shape index (κ1) is 11.7. The smallest absolute Gasteiger partial charge is 0.130 e. The van der Waals surface area contributed by atoms with E-state index in [2.05, 4.69) is 11.1 Å². The number of pyridine rings is 1. The summed E-state index contributed by atoms with van der Waals surface area (Å²) in [6.07, 6.45) is 0. The van der Waals surface area contributed by atoms with Crippen LogP contribution in [0, 0.1) is 18.3 Å². The molecule has 2 N–H and O–H groups in total. The quantitative estimate of drug-likeness (QED) is 0.729. The van der Waals surface area contributed by atoms with Crippen LogP contribution in [-0.4, -0.2) is 4.98 Å². The second-order valence-electron chi connectivity index (χ2n) is 4.33. The molecule has 0 aliphatic heterocycles. The van der Waals surface area contributed by atoms with Crippen molar-refractivity contribution >= 4 is 27.2 Å². The standard InChI is InChI=1S/C15H11N3S/c1-9-7-11(10-5-3-2-4-6-10)18-15-13(9)14(17)12(8-16)19-15/h2-7H,17H2,1H3. The number of fused-ring (bicyclic) bond motifs is 1. The monoisotopic (exact) mass is 265 g/mol. The topological polar surface area (TPSA) is 62.7 Å². The van der Waals surface area contributed by atoms with Crippen LogP contribution in [0.3, 0.4) is 0 Å². The van der Waals surface area contributed by atoms with E-state index < -0.39 is 0 Å². The first-order chi connectivity index (χ1) is 9.20. The van der Waals surface area contributed by atoms with Crippen molar-refractivity contribution in [3.05, 3.63) is 46.8 Å². The second-order valence-corrected chi connectivity index (χ2v) is 5.33. The number of anilines is 1. The Morgan fingerprint density at radius 3 is 2.68 bits per heavy atom. The van der Waals surface area contributed by atoms with E-state index in [1.54, 1.807) is 0 Å². The van der Waals surface area contributed by atoms with Gasteiger partial charge < -0.3 is 5.73 Å². The Morgan fingerprint density at radius 1 is 1.26 bits per heavy atom. The first-order valence-electron chi connectivity index (χ1n) is 5.86. The van der Waals surface area contributed by atoms with Crippen LogP contribution in [0.4, 0.5) is 5.69 Å². The number of nitriles is 1. The lowest BCUT2D eigenvalue weighted by Gasteiger charge is -2.04. The van der Waals surface area contributed by atoms with Gasteiger partial charge in [0.2, 0.25) is 0 Å². The van der Waals surface area contributed by atoms with E-state index in [0.717, 1.165) is 27.0 Å². The molecule has 2 heterocycles. The predicted molar refractivity (Wildman–Crippen MR) is 78.9 cm³/mol. The number of hydrogen-bond donors (Lipinski definition) is 1. The average Bonchev–Trinajstić information content (AvgIpc) is 2.76. The molecule has 1 aromatic carbocycles. The summed E-state index contributed by atoms with van der Waals surface area (Å²) in [6, 6.07) is 14.1. The highest BCUT2D eigenvalue weighted by atomic mass is 32.1. The van der Waals surface area contributed by atoms with Crippen molar-refractivity contribution in [3.63, 3.8) is 0 Å². The molecule has 0 saturated heterocycles. The van der Waals surface area contributed by atoms with Crippen LogP contribution in [0.1, 0.15) is 10.4 Å². The van der Waals surface area contributed by atoms with Crippen molar-refractivity contribution in [2.45, 2.75) is 6.92 Å². The van der Waals surface area contributed by atoms with Crippen LogP contribution in [0.5, 0.6) is 0 Å². The Morgan fingerprint density at radius 2 is 2.00 bits per heavy atom. The maximum absolute atomic E-state index is 9.05. The maximum atomic E-state index is 9.05. The lowest BCUT2D eigenvalue weighted by atomic mass is 10.1. The van der Waals surface area contributed by atoms with Gasteiger partial charge in [0, 0.05) is 10.9 Å². The van der Waals surface area contributed by atoms with Gasteiger partial charge in [0.05, 0.1) is 11.4 Å². The van der Waals surface area contributed by atoms with Crippen molar-refractivity contribution in [3.8, 4) is 17.3 Å². The number of rotatable bonds is 1. The highest BCUT2D eigenvalue weighted by Gasteiger charge is 2.14. The molecule has 0 saturated carbocycles. The van der Waals surface area contributed by atoms with Gasteiger partial charge in [-0.2, -0.15) is 5.26 Å². The summed E-state index contributed by atoms with van der Waals surface area (Å²) in [4.78, 5) is 5.99. The predicted octanol–water partition coefficient (Wildman–Crippen LogP) is 3.73. The summed E-state index contributed by atoms with van der Waals surface area (Å²) in [5, 5.41) is 9.95. The van der Waals surface area contributed by atoms with Crippen LogP contribution >= 0.6 is 11.3 Å². The van der Waals surface area contributed by atoms with Gasteiger partial charge in [-0.1, -0.05) is 30.3 Å². The molecule has 19 heavy (non-hydrogen) atoms. The van der Waals surface area contributed by atoms with E-state index in [9.17, 15) is 0 Å². The van der Waals surface area contributed by atoms with Gasteiger partial charge in [-0.25, -0.2) is 4.98 Å². The van der Waals surface area contributed by atoms with Gasteiger partial charge in [-0.05, 0) is 18.6 Å². The lowest BCUT2D eigenvalue weighted by molar-refractivity contribution is 1.38. The molecule has 0 aliphatic rings. The van der Waals surface area contributed by atoms with Gasteiger partial charge in [-0.3, -0.25) is 0 Å². The Hall–Kier alpha value is -2.38. The minimum atomic E-state index is 0.538. The number of benzene rings is 1. The van der Waals surface area contributed by atoms with Gasteiger partial charge in [0.15, 0.2) is 0 Å². The van der Waals surface area contributed by atoms with Gasteiger partial charge in [0.25, 0.3) is 0 Å². The largest absolute Gasteiger partial charge is 0.396 e. The zero-order valence-electron chi connectivity index (χ0n) is 10.3. The Kier molecular flexibility index (Phi) is 2.69. The Balaban J connectivity index is 2.29. The molecule has 0 unspecified atom stereocenters. The molecule has 0 radical (unpaired) electrons. The number of nitrogens with two attached hydrogens (primary N) is 1. The summed E-state index contributed by atoms with van der Waals surface area (Å²) >= 11 is 1.35. The number of nitrogens with zero attached hydrogens (tertiary/aromatic N) is 2. The Labute approximate surface area is 114 Å². The molecule has 92 valence electrons. The third kappa shape index (κ3) is 1.85. The minimum Gasteiger partial charge on any atom is -0.396 e. The fourth-order valence-electron chi connectivity index (χ4n) is 2.15. The molecule has 3 aromatic rings. The zero-order chi connectivity index (χ0) is 13.4. The molecule has 3 nitrogen and oxygen atoms in total. The highest BCUT2D eigenvalue weighted by molar-refractivity contribution is 7.19.